The van der Waals surface area contributed by atoms with Gasteiger partial charge in [0.2, 0.25) is 0 Å². The molecule has 0 radical (unpaired) electrons. The Labute approximate surface area is 312 Å². The lowest BCUT2D eigenvalue weighted by molar-refractivity contribution is -0.265. The fourth-order valence-corrected chi connectivity index (χ4v) is 12.3. The Morgan fingerprint density at radius 1 is 0.981 bits per heavy atom. The smallest absolute Gasteiger partial charge is 0.355 e. The van der Waals surface area contributed by atoms with Gasteiger partial charge in [0, 0.05) is 55.3 Å². The highest BCUT2D eigenvalue weighted by Gasteiger charge is 2.66. The van der Waals surface area contributed by atoms with Crippen LogP contribution in [0.5, 0.6) is 0 Å². The number of carbonyl (C=O) groups is 2. The molecule has 0 saturated heterocycles. The number of benzene rings is 1. The Hall–Kier alpha value is -4.72. The molecule has 0 spiro atoms. The van der Waals surface area contributed by atoms with Gasteiger partial charge in [-0.15, -0.1) is 0 Å². The second-order valence-electron chi connectivity index (χ2n) is 16.8. The van der Waals surface area contributed by atoms with Crippen LogP contribution in [0.2, 0.25) is 0 Å². The Balaban J connectivity index is 0.974. The van der Waals surface area contributed by atoms with E-state index in [0.717, 1.165) is 65.7 Å². The number of nitrogens with zero attached hydrogens (tertiary/aromatic N) is 6. The van der Waals surface area contributed by atoms with Gasteiger partial charge in [0.1, 0.15) is 5.82 Å². The molecule has 5 heterocycles. The number of hydrogen-bond donors (Lipinski definition) is 3. The minimum absolute atomic E-state index is 0.0115. The van der Waals surface area contributed by atoms with Crippen LogP contribution < -0.4 is 15.7 Å². The third kappa shape index (κ3) is 5.89. The van der Waals surface area contributed by atoms with E-state index in [9.17, 15) is 14.7 Å². The summed E-state index contributed by atoms with van der Waals surface area (Å²) in [7, 11) is 1.87. The van der Waals surface area contributed by atoms with Crippen molar-refractivity contribution in [3.05, 3.63) is 82.9 Å². The molecule has 12 nitrogen and oxygen atoms in total. The molecule has 2 unspecified atom stereocenters. The summed E-state index contributed by atoms with van der Waals surface area (Å²) in [6.45, 7) is 8.72. The van der Waals surface area contributed by atoms with Gasteiger partial charge in [0.25, 0.3) is 5.91 Å². The number of anilines is 2. The van der Waals surface area contributed by atoms with Crippen molar-refractivity contribution >= 4 is 44.5 Å². The van der Waals surface area contributed by atoms with Crippen molar-refractivity contribution in [1.82, 2.24) is 30.2 Å². The van der Waals surface area contributed by atoms with E-state index in [0.29, 0.717) is 47.2 Å². The third-order valence-corrected chi connectivity index (χ3v) is 13.1. The Bertz CT molecular complexity index is 2250. The number of thiazole rings is 1. The predicted molar refractivity (Wildman–Crippen MR) is 203 cm³/mol. The first-order chi connectivity index (χ1) is 25.4. The number of fused-ring (bicyclic) bond motifs is 2. The quantitative estimate of drug-likeness (QED) is 0.135. The van der Waals surface area contributed by atoms with Gasteiger partial charge in [0.15, 0.2) is 16.5 Å². The van der Waals surface area contributed by atoms with Crippen LogP contribution >= 0.6 is 11.3 Å². The average molecular weight is 733 g/mol. The molecule has 4 bridgehead atoms. The van der Waals surface area contributed by atoms with Crippen molar-refractivity contribution in [3.8, 4) is 11.1 Å². The van der Waals surface area contributed by atoms with Gasteiger partial charge in [0.05, 0.1) is 16.5 Å². The van der Waals surface area contributed by atoms with Gasteiger partial charge in [-0.1, -0.05) is 37.3 Å². The number of hydroxylamine groups is 1. The van der Waals surface area contributed by atoms with E-state index in [1.807, 2.05) is 61.3 Å². The number of carbonyl (C=O) groups excluding carboxylic acids is 1. The monoisotopic (exact) mass is 732 g/mol. The van der Waals surface area contributed by atoms with E-state index >= 15 is 0 Å². The van der Waals surface area contributed by atoms with E-state index in [2.05, 4.69) is 39.3 Å². The summed E-state index contributed by atoms with van der Waals surface area (Å²) >= 11 is 1.38. The molecule has 13 heteroatoms. The molecular formula is C40H44N8O4S. The van der Waals surface area contributed by atoms with E-state index in [-0.39, 0.29) is 33.4 Å². The number of aromatic carboxylic acids is 1. The fourth-order valence-electron chi connectivity index (χ4n) is 11.5. The molecule has 4 aliphatic carbocycles. The zero-order valence-electron chi connectivity index (χ0n) is 30.5. The van der Waals surface area contributed by atoms with Crippen molar-refractivity contribution < 1.29 is 19.5 Å². The third-order valence-electron chi connectivity index (χ3n) is 12.2. The molecular weight excluding hydrogens is 689 g/mol. The lowest BCUT2D eigenvalue weighted by Crippen LogP contribution is -2.65. The number of nitrogens with one attached hydrogen (secondary N) is 2. The number of carboxylic acids is 1. The number of amides is 1. The normalized spacial score (nSPS) is 27.3. The first-order valence-corrected chi connectivity index (χ1v) is 19.2. The van der Waals surface area contributed by atoms with Gasteiger partial charge >= 0.3 is 5.97 Å². The molecule has 1 aromatic carbocycles. The largest absolute Gasteiger partial charge is 0.476 e. The maximum absolute atomic E-state index is 13.6. The molecule has 2 atom stereocenters. The highest BCUT2D eigenvalue weighted by Crippen LogP contribution is 2.71. The molecule has 10 rings (SSSR count). The average Bonchev–Trinajstić information content (AvgIpc) is 3.67. The van der Waals surface area contributed by atoms with Gasteiger partial charge in [-0.05, 0) is 110 Å². The number of hydrogen-bond acceptors (Lipinski definition) is 10. The summed E-state index contributed by atoms with van der Waals surface area (Å²) in [5.41, 5.74) is 8.72. The van der Waals surface area contributed by atoms with Crippen molar-refractivity contribution in [2.45, 2.75) is 84.4 Å². The number of aromatic nitrogens is 5. The molecule has 1 amide bonds. The van der Waals surface area contributed by atoms with Crippen LogP contribution in [-0.4, -0.2) is 60.9 Å². The maximum atomic E-state index is 13.6. The molecule has 274 valence electrons. The van der Waals surface area contributed by atoms with Crippen molar-refractivity contribution in [3.63, 3.8) is 0 Å². The highest BCUT2D eigenvalue weighted by atomic mass is 32.1. The minimum atomic E-state index is -1.09. The van der Waals surface area contributed by atoms with Crippen LogP contribution in [0.15, 0.2) is 54.9 Å². The van der Waals surface area contributed by atoms with Crippen molar-refractivity contribution in [2.24, 2.45) is 16.2 Å². The van der Waals surface area contributed by atoms with Gasteiger partial charge < -0.3 is 10.0 Å². The number of rotatable bonds is 9. The van der Waals surface area contributed by atoms with Crippen LogP contribution in [0.25, 0.3) is 21.5 Å². The van der Waals surface area contributed by atoms with Gasteiger partial charge in [-0.2, -0.15) is 10.1 Å². The second-order valence-corrected chi connectivity index (χ2v) is 17.8. The van der Waals surface area contributed by atoms with Crippen LogP contribution in [0.3, 0.4) is 0 Å². The predicted octanol–water partition coefficient (Wildman–Crippen LogP) is 7.04. The van der Waals surface area contributed by atoms with Gasteiger partial charge in [-0.3, -0.25) is 19.6 Å². The molecule has 4 fully saturated rings. The topological polar surface area (TPSA) is 147 Å². The maximum Gasteiger partial charge on any atom is 0.355 e. The Morgan fingerprint density at radius 3 is 2.55 bits per heavy atom. The van der Waals surface area contributed by atoms with Crippen LogP contribution in [-0.2, 0) is 24.3 Å². The van der Waals surface area contributed by atoms with Crippen molar-refractivity contribution in [1.29, 1.82) is 0 Å². The molecule has 53 heavy (non-hydrogen) atoms. The SMILES string of the molecule is CNOC12CC3(C)CC(C)(CC(Cn4ncc(-c5ccc(N6CCc7cccc(C(=O)Nc8nc9ncccc9s8)c7C6)nc5C(=O)O)c4C)(C3)C1)C2. The van der Waals surface area contributed by atoms with Gasteiger partial charge in [-0.25, -0.2) is 20.2 Å². The lowest BCUT2D eigenvalue weighted by atomic mass is 9.39. The first-order valence-electron chi connectivity index (χ1n) is 18.4. The van der Waals surface area contributed by atoms with E-state index in [1.54, 1.807) is 12.4 Å². The Morgan fingerprint density at radius 2 is 1.79 bits per heavy atom. The second kappa shape index (κ2) is 12.2. The first kappa shape index (κ1) is 34.1. The molecule has 1 aliphatic heterocycles. The van der Waals surface area contributed by atoms with E-state index < -0.39 is 5.97 Å². The van der Waals surface area contributed by atoms with Crippen LogP contribution in [0.1, 0.15) is 90.0 Å². The minimum Gasteiger partial charge on any atom is -0.476 e. The summed E-state index contributed by atoms with van der Waals surface area (Å²) in [5, 5.41) is 18.8. The van der Waals surface area contributed by atoms with E-state index in [1.165, 1.54) is 17.8 Å². The number of carboxylic acid groups (broad SMARTS) is 1. The zero-order valence-corrected chi connectivity index (χ0v) is 31.3. The van der Waals surface area contributed by atoms with Crippen molar-refractivity contribution in [2.75, 3.05) is 23.8 Å². The van der Waals surface area contributed by atoms with E-state index in [4.69, 9.17) is 14.9 Å². The number of pyridine rings is 2. The molecule has 5 aliphatic rings. The molecule has 4 aromatic heterocycles. The van der Waals surface area contributed by atoms with Crippen LogP contribution in [0, 0.1) is 23.2 Å². The molecule has 4 saturated carbocycles. The highest BCUT2D eigenvalue weighted by molar-refractivity contribution is 7.22. The standard InChI is InChI=1S/C40H44N8O4S/c1-24-28(15-43-48(24)23-39-18-37(2)17-38(3,19-39)21-40(20-37,22-39)52-41-4)26-10-11-31(44-32(26)35(50)51)47-14-12-25-7-5-8-27(29(25)16-47)34(49)46-36-45-33-30(53-36)9-6-13-42-33/h5-11,13,15,41H,12,14,16-23H2,1-4H3,(H,50,51)(H,42,45,46,49). The summed E-state index contributed by atoms with van der Waals surface area (Å²) in [6.07, 6.45) is 10.8. The fraction of sp³-hybridized carbons (Fsp3) is 0.450. The summed E-state index contributed by atoms with van der Waals surface area (Å²) < 4.78 is 2.98. The Kier molecular flexibility index (Phi) is 7.81. The summed E-state index contributed by atoms with van der Waals surface area (Å²) in [5.74, 6) is -0.782. The lowest BCUT2D eigenvalue weighted by Gasteiger charge is -2.68. The summed E-state index contributed by atoms with van der Waals surface area (Å²) in [6, 6.07) is 13.3. The zero-order chi connectivity index (χ0) is 36.8. The molecule has 3 N–H and O–H groups in total. The van der Waals surface area contributed by atoms with Crippen LogP contribution in [0.4, 0.5) is 10.9 Å². The summed E-state index contributed by atoms with van der Waals surface area (Å²) in [4.78, 5) is 48.2. The molecule has 5 aromatic rings.